The standard InChI is InChI=1S/C45H56N8O7/c1-7-26(2)38(50-44(56)59-5)42(54)52-20-8-10-36(52)40-46-24-34(48-40)29-14-12-28(13-15-29)30-16-17-32-23-33(19-18-31(32)22-30)35-25-47-41(49-35)37-11-9-21-53(37)43(55)39(27(3)58-4)51-45(57)60-6/h12-19,22-27,36-39,45,51,57H,7-11,20-21H2,1-6H3,(H,46,48)(H,47,49)(H,50,56). The molecule has 15 nitrogen and oxygen atoms in total. The number of carbonyl (C=O) groups is 3. The van der Waals surface area contributed by atoms with Gasteiger partial charge in [-0.15, -0.1) is 0 Å². The number of hydrogen-bond donors (Lipinski definition) is 5. The van der Waals surface area contributed by atoms with E-state index in [4.69, 9.17) is 24.2 Å². The van der Waals surface area contributed by atoms with E-state index in [9.17, 15) is 19.5 Å². The van der Waals surface area contributed by atoms with Crippen LogP contribution in [0.5, 0.6) is 0 Å². The van der Waals surface area contributed by atoms with Crippen LogP contribution in [0.15, 0.2) is 73.1 Å². The third-order valence-corrected chi connectivity index (χ3v) is 12.2. The number of carbonyl (C=O) groups excluding carboxylic acids is 3. The number of alkyl carbamates (subject to hydrolysis) is 1. The van der Waals surface area contributed by atoms with Crippen molar-refractivity contribution in [1.29, 1.82) is 0 Å². The zero-order valence-corrected chi connectivity index (χ0v) is 35.1. The second-order valence-electron chi connectivity index (χ2n) is 15.8. The maximum atomic E-state index is 13.7. The monoisotopic (exact) mass is 820 g/mol. The van der Waals surface area contributed by atoms with Crippen molar-refractivity contribution in [2.24, 2.45) is 5.92 Å². The number of H-pyrrole nitrogens is 2. The van der Waals surface area contributed by atoms with Gasteiger partial charge in [-0.05, 0) is 78.1 Å². The van der Waals surface area contributed by atoms with Gasteiger partial charge < -0.3 is 44.4 Å². The van der Waals surface area contributed by atoms with Crippen LogP contribution in [0.3, 0.4) is 0 Å². The van der Waals surface area contributed by atoms with Crippen molar-refractivity contribution in [3.8, 4) is 33.6 Å². The van der Waals surface area contributed by atoms with Gasteiger partial charge in [0.15, 0.2) is 0 Å². The van der Waals surface area contributed by atoms with Gasteiger partial charge in [0, 0.05) is 32.9 Å². The molecule has 0 bridgehead atoms. The first-order valence-electron chi connectivity index (χ1n) is 20.7. The van der Waals surface area contributed by atoms with Crippen LogP contribution >= 0.6 is 0 Å². The molecule has 60 heavy (non-hydrogen) atoms. The molecular formula is C45H56N8O7. The highest BCUT2D eigenvalue weighted by Gasteiger charge is 2.40. The minimum atomic E-state index is -1.30. The average Bonchev–Trinajstić information content (AvgIpc) is 4.13. The van der Waals surface area contributed by atoms with Crippen molar-refractivity contribution in [3.63, 3.8) is 0 Å². The van der Waals surface area contributed by atoms with Gasteiger partial charge in [0.1, 0.15) is 23.7 Å². The SMILES string of the molecule is CCC(C)C(NC(=O)OC)C(=O)N1CCCC1c1ncc(-c2ccc(-c3ccc4cc(-c5cnc(C6CCCN6C(=O)C(NC(O)OC)C(C)OC)[nH]5)ccc4c3)cc2)[nH]1. The van der Waals surface area contributed by atoms with Gasteiger partial charge in [0.25, 0.3) is 0 Å². The first-order chi connectivity index (χ1) is 29.0. The number of aliphatic hydroxyl groups is 1. The number of likely N-dealkylation sites (tertiary alicyclic amines) is 2. The van der Waals surface area contributed by atoms with Crippen LogP contribution in [0, 0.1) is 5.92 Å². The molecule has 2 saturated heterocycles. The van der Waals surface area contributed by atoms with Crippen molar-refractivity contribution < 1.29 is 33.7 Å². The molecule has 7 atom stereocenters. The summed E-state index contributed by atoms with van der Waals surface area (Å²) in [5.41, 5.74) is 5.87. The van der Waals surface area contributed by atoms with Crippen molar-refractivity contribution in [2.75, 3.05) is 34.4 Å². The molecule has 3 amide bonds. The predicted molar refractivity (Wildman–Crippen MR) is 227 cm³/mol. The summed E-state index contributed by atoms with van der Waals surface area (Å²) in [5, 5.41) is 17.8. The third kappa shape index (κ3) is 8.94. The van der Waals surface area contributed by atoms with Gasteiger partial charge in [-0.1, -0.05) is 68.8 Å². The lowest BCUT2D eigenvalue weighted by atomic mass is 9.97. The van der Waals surface area contributed by atoms with E-state index in [1.54, 1.807) is 11.8 Å². The summed E-state index contributed by atoms with van der Waals surface area (Å²) in [6, 6.07) is 19.2. The van der Waals surface area contributed by atoms with E-state index in [2.05, 4.69) is 81.3 Å². The van der Waals surface area contributed by atoms with Gasteiger partial charge in [0.05, 0.1) is 49.1 Å². The van der Waals surface area contributed by atoms with E-state index in [-0.39, 0.29) is 29.8 Å². The van der Waals surface area contributed by atoms with Crippen LogP contribution in [-0.2, 0) is 23.8 Å². The molecule has 7 unspecified atom stereocenters. The highest BCUT2D eigenvalue weighted by molar-refractivity contribution is 5.91. The fourth-order valence-electron chi connectivity index (χ4n) is 8.36. The number of amides is 3. The molecule has 2 aromatic heterocycles. The number of hydrogen-bond acceptors (Lipinski definition) is 10. The Labute approximate surface area is 350 Å². The van der Waals surface area contributed by atoms with Gasteiger partial charge in [-0.25, -0.2) is 14.8 Å². The van der Waals surface area contributed by atoms with Gasteiger partial charge in [0.2, 0.25) is 18.2 Å². The van der Waals surface area contributed by atoms with Crippen LogP contribution in [0.4, 0.5) is 4.79 Å². The summed E-state index contributed by atoms with van der Waals surface area (Å²) in [6.07, 6.45) is 5.19. The molecule has 318 valence electrons. The molecule has 5 N–H and O–H groups in total. The molecule has 2 fully saturated rings. The Morgan fingerprint density at radius 1 is 0.750 bits per heavy atom. The first kappa shape index (κ1) is 42.5. The van der Waals surface area contributed by atoms with Crippen molar-refractivity contribution in [2.45, 2.75) is 89.6 Å². The van der Waals surface area contributed by atoms with E-state index >= 15 is 0 Å². The zero-order valence-electron chi connectivity index (χ0n) is 35.1. The molecule has 2 aliphatic rings. The largest absolute Gasteiger partial charge is 0.453 e. The fraction of sp³-hybridized carbons (Fsp3) is 0.444. The van der Waals surface area contributed by atoms with Gasteiger partial charge >= 0.3 is 6.09 Å². The lowest BCUT2D eigenvalue weighted by Gasteiger charge is -2.31. The molecule has 0 radical (unpaired) electrons. The molecule has 4 heterocycles. The topological polar surface area (TPSA) is 187 Å². The first-order valence-corrected chi connectivity index (χ1v) is 20.7. The van der Waals surface area contributed by atoms with E-state index in [1.165, 1.54) is 21.3 Å². The number of benzene rings is 3. The molecule has 0 saturated carbocycles. The fourth-order valence-corrected chi connectivity index (χ4v) is 8.36. The number of nitrogens with zero attached hydrogens (tertiary/aromatic N) is 4. The van der Waals surface area contributed by atoms with Gasteiger partial charge in [-0.2, -0.15) is 0 Å². The summed E-state index contributed by atoms with van der Waals surface area (Å²) in [5.74, 6) is 1.09. The lowest BCUT2D eigenvalue weighted by molar-refractivity contribution is -0.148. The lowest BCUT2D eigenvalue weighted by Crippen LogP contribution is -2.55. The van der Waals surface area contributed by atoms with Crippen LogP contribution < -0.4 is 10.6 Å². The van der Waals surface area contributed by atoms with E-state index in [1.807, 2.05) is 31.1 Å². The molecule has 7 rings (SSSR count). The number of aromatic nitrogens is 4. The number of ether oxygens (including phenoxy) is 3. The zero-order chi connectivity index (χ0) is 42.5. The Bertz CT molecular complexity index is 2270. The van der Waals surface area contributed by atoms with E-state index in [0.717, 1.165) is 82.3 Å². The quantitative estimate of drug-likeness (QED) is 0.0751. The number of imidazole rings is 2. The number of nitrogens with one attached hydrogen (secondary N) is 4. The number of fused-ring (bicyclic) bond motifs is 1. The molecule has 5 aromatic rings. The molecule has 0 spiro atoms. The summed E-state index contributed by atoms with van der Waals surface area (Å²) in [6.45, 7) is 6.91. The molecule has 15 heteroatoms. The van der Waals surface area contributed by atoms with Crippen molar-refractivity contribution >= 4 is 28.7 Å². The Balaban J connectivity index is 1.02. The summed E-state index contributed by atoms with van der Waals surface area (Å²) < 4.78 is 15.2. The second kappa shape index (κ2) is 18.8. The maximum absolute atomic E-state index is 13.7. The maximum Gasteiger partial charge on any atom is 0.407 e. The predicted octanol–water partition coefficient (Wildman–Crippen LogP) is 6.30. The third-order valence-electron chi connectivity index (χ3n) is 12.2. The average molecular weight is 821 g/mol. The number of methoxy groups -OCH3 is 3. The van der Waals surface area contributed by atoms with Crippen LogP contribution in [0.1, 0.15) is 76.6 Å². The molecular weight excluding hydrogens is 765 g/mol. The van der Waals surface area contributed by atoms with Crippen molar-refractivity contribution in [1.82, 2.24) is 40.4 Å². The van der Waals surface area contributed by atoms with E-state index in [0.29, 0.717) is 18.9 Å². The Kier molecular flexibility index (Phi) is 13.3. The number of aromatic amines is 2. The molecule has 3 aromatic carbocycles. The Morgan fingerprint density at radius 2 is 1.27 bits per heavy atom. The number of rotatable bonds is 15. The van der Waals surface area contributed by atoms with Gasteiger partial charge in [-0.3, -0.25) is 14.9 Å². The summed E-state index contributed by atoms with van der Waals surface area (Å²) in [4.78, 5) is 59.5. The molecule has 0 aliphatic carbocycles. The summed E-state index contributed by atoms with van der Waals surface area (Å²) in [7, 11) is 4.19. The summed E-state index contributed by atoms with van der Waals surface area (Å²) >= 11 is 0. The Morgan fingerprint density at radius 3 is 1.82 bits per heavy atom. The minimum Gasteiger partial charge on any atom is -0.453 e. The van der Waals surface area contributed by atoms with Crippen LogP contribution in [0.25, 0.3) is 44.4 Å². The van der Waals surface area contributed by atoms with Crippen LogP contribution in [0.2, 0.25) is 0 Å². The van der Waals surface area contributed by atoms with Crippen LogP contribution in [-0.4, -0.2) is 112 Å². The van der Waals surface area contributed by atoms with E-state index < -0.39 is 30.7 Å². The molecule has 2 aliphatic heterocycles. The smallest absolute Gasteiger partial charge is 0.407 e. The normalized spacial score (nSPS) is 19.2. The second-order valence-corrected chi connectivity index (χ2v) is 15.8. The highest BCUT2D eigenvalue weighted by atomic mass is 16.6. The Hall–Kier alpha value is -5.61. The highest BCUT2D eigenvalue weighted by Crippen LogP contribution is 2.36. The minimum absolute atomic E-state index is 0.0543. The van der Waals surface area contributed by atoms with Crippen molar-refractivity contribution in [3.05, 3.63) is 84.7 Å². The number of aliphatic hydroxyl groups excluding tert-OH is 1.